The van der Waals surface area contributed by atoms with Gasteiger partial charge in [-0.05, 0) is 54.7 Å². The zero-order chi connectivity index (χ0) is 22.3. The van der Waals surface area contributed by atoms with Crippen LogP contribution in [-0.2, 0) is 21.2 Å². The number of benzene rings is 2. The average Bonchev–Trinajstić information content (AvgIpc) is 2.73. The van der Waals surface area contributed by atoms with E-state index in [1.165, 1.54) is 25.3 Å². The lowest BCUT2D eigenvalue weighted by atomic mass is 9.98. The molecule has 0 radical (unpaired) electrons. The largest absolute Gasteiger partial charge is 0.495 e. The molecule has 0 aliphatic rings. The molecule has 0 bridgehead atoms. The maximum Gasteiger partial charge on any atom is 0.331 e. The van der Waals surface area contributed by atoms with Crippen molar-refractivity contribution >= 4 is 21.6 Å². The molecule has 2 rings (SSSR count). The number of carboxylic acids is 1. The minimum Gasteiger partial charge on any atom is -0.495 e. The van der Waals surface area contributed by atoms with Crippen LogP contribution in [-0.4, -0.2) is 33.1 Å². The Bertz CT molecular complexity index is 1100. The van der Waals surface area contributed by atoms with Gasteiger partial charge >= 0.3 is 5.97 Å². The summed E-state index contributed by atoms with van der Waals surface area (Å²) in [5.41, 5.74) is 3.02. The topological polar surface area (TPSA) is 116 Å². The van der Waals surface area contributed by atoms with Crippen LogP contribution in [0.1, 0.15) is 37.0 Å². The number of aliphatic carboxylic acids is 1. The maximum absolute atomic E-state index is 12.6. The first kappa shape index (κ1) is 23.1. The molecule has 0 heterocycles. The van der Waals surface area contributed by atoms with Gasteiger partial charge in [-0.2, -0.15) is 5.26 Å². The summed E-state index contributed by atoms with van der Waals surface area (Å²) in [7, 11) is -2.48. The van der Waals surface area contributed by atoms with Gasteiger partial charge in [-0.15, -0.1) is 0 Å². The Hall–Kier alpha value is -3.15. The lowest BCUT2D eigenvalue weighted by molar-refractivity contribution is -0.132. The Kier molecular flexibility index (Phi) is 7.75. The number of nitrogens with one attached hydrogen (secondary N) is 1. The van der Waals surface area contributed by atoms with Gasteiger partial charge in [0.2, 0.25) is 10.0 Å². The molecule has 8 heteroatoms. The molecule has 7 nitrogen and oxygen atoms in total. The number of sulfonamides is 1. The Morgan fingerprint density at radius 3 is 2.40 bits per heavy atom. The van der Waals surface area contributed by atoms with Gasteiger partial charge < -0.3 is 9.84 Å². The van der Waals surface area contributed by atoms with Gasteiger partial charge in [-0.1, -0.05) is 31.2 Å². The van der Waals surface area contributed by atoms with Gasteiger partial charge in [0.25, 0.3) is 0 Å². The number of hydrogen-bond acceptors (Lipinski definition) is 5. The SMILES string of the molecule is CCC(C(=O)O)=C(C)c1ccc(CCNS(=O)(=O)c2cc(C#N)ccc2OC)cc1. The summed E-state index contributed by atoms with van der Waals surface area (Å²) in [5.74, 6) is -0.761. The van der Waals surface area contributed by atoms with Crippen molar-refractivity contribution in [3.63, 3.8) is 0 Å². The van der Waals surface area contributed by atoms with Gasteiger partial charge in [0.15, 0.2) is 0 Å². The lowest BCUT2D eigenvalue weighted by Crippen LogP contribution is -2.26. The van der Waals surface area contributed by atoms with Crippen molar-refractivity contribution in [2.45, 2.75) is 31.6 Å². The second-order valence-corrected chi connectivity index (χ2v) is 8.32. The summed E-state index contributed by atoms with van der Waals surface area (Å²) in [6.45, 7) is 3.74. The number of nitrogens with zero attached hydrogens (tertiary/aromatic N) is 1. The van der Waals surface area contributed by atoms with Crippen molar-refractivity contribution in [3.8, 4) is 11.8 Å². The Labute approximate surface area is 176 Å². The van der Waals surface area contributed by atoms with Crippen LogP contribution in [0.25, 0.3) is 5.57 Å². The number of nitriles is 1. The van der Waals surface area contributed by atoms with Crippen LogP contribution in [0.15, 0.2) is 52.9 Å². The van der Waals surface area contributed by atoms with E-state index in [1.54, 1.807) is 13.8 Å². The van der Waals surface area contributed by atoms with Crippen molar-refractivity contribution in [2.24, 2.45) is 0 Å². The summed E-state index contributed by atoms with van der Waals surface area (Å²) in [4.78, 5) is 11.2. The van der Waals surface area contributed by atoms with Crippen LogP contribution in [0.3, 0.4) is 0 Å². The third kappa shape index (κ3) is 5.47. The van der Waals surface area contributed by atoms with Crippen LogP contribution >= 0.6 is 0 Å². The van der Waals surface area contributed by atoms with Gasteiger partial charge in [-0.25, -0.2) is 17.9 Å². The summed E-state index contributed by atoms with van der Waals surface area (Å²) >= 11 is 0. The molecule has 0 atom stereocenters. The maximum atomic E-state index is 12.6. The highest BCUT2D eigenvalue weighted by atomic mass is 32.2. The average molecular weight is 429 g/mol. The molecule has 2 aromatic carbocycles. The number of hydrogen-bond donors (Lipinski definition) is 2. The smallest absolute Gasteiger partial charge is 0.331 e. The molecule has 0 aliphatic heterocycles. The van der Waals surface area contributed by atoms with E-state index < -0.39 is 16.0 Å². The van der Waals surface area contributed by atoms with Gasteiger partial charge in [0.05, 0.1) is 18.7 Å². The summed E-state index contributed by atoms with van der Waals surface area (Å²) in [5, 5.41) is 18.3. The minimum absolute atomic E-state index is 0.0825. The molecule has 158 valence electrons. The number of carbonyl (C=O) groups is 1. The predicted octanol–water partition coefficient (Wildman–Crippen LogP) is 3.36. The highest BCUT2D eigenvalue weighted by molar-refractivity contribution is 7.89. The third-order valence-corrected chi connectivity index (χ3v) is 6.22. The summed E-state index contributed by atoms with van der Waals surface area (Å²) < 4.78 is 32.9. The molecule has 2 N–H and O–H groups in total. The summed E-state index contributed by atoms with van der Waals surface area (Å²) in [6, 6.07) is 13.5. The lowest BCUT2D eigenvalue weighted by Gasteiger charge is -2.11. The molecular weight excluding hydrogens is 404 g/mol. The second-order valence-electron chi connectivity index (χ2n) is 6.58. The van der Waals surface area contributed by atoms with E-state index in [9.17, 15) is 18.3 Å². The predicted molar refractivity (Wildman–Crippen MR) is 114 cm³/mol. The quantitative estimate of drug-likeness (QED) is 0.592. The molecule has 0 aliphatic carbocycles. The van der Waals surface area contributed by atoms with Crippen molar-refractivity contribution in [2.75, 3.05) is 13.7 Å². The molecule has 0 saturated carbocycles. The van der Waals surface area contributed by atoms with Crippen molar-refractivity contribution in [3.05, 3.63) is 64.7 Å². The molecule has 0 amide bonds. The van der Waals surface area contributed by atoms with Crippen molar-refractivity contribution in [1.29, 1.82) is 5.26 Å². The first-order valence-electron chi connectivity index (χ1n) is 9.33. The number of allylic oxidation sites excluding steroid dienone is 1. The Balaban J connectivity index is 2.10. The number of carboxylic acid groups (broad SMARTS) is 1. The molecule has 30 heavy (non-hydrogen) atoms. The van der Waals surface area contributed by atoms with E-state index in [4.69, 9.17) is 10.00 Å². The first-order valence-corrected chi connectivity index (χ1v) is 10.8. The summed E-state index contributed by atoms with van der Waals surface area (Å²) in [6.07, 6.45) is 0.878. The minimum atomic E-state index is -3.85. The van der Waals surface area contributed by atoms with E-state index in [2.05, 4.69) is 4.72 Å². The molecule has 0 fully saturated rings. The fourth-order valence-electron chi connectivity index (χ4n) is 3.04. The third-order valence-electron chi connectivity index (χ3n) is 4.74. The van der Waals surface area contributed by atoms with Gasteiger partial charge in [-0.3, -0.25) is 0 Å². The number of rotatable bonds is 9. The molecule has 0 saturated heterocycles. The van der Waals surface area contributed by atoms with E-state index >= 15 is 0 Å². The fraction of sp³-hybridized carbons (Fsp3) is 0.273. The van der Waals surface area contributed by atoms with Crippen molar-refractivity contribution < 1.29 is 23.1 Å². The van der Waals surface area contributed by atoms with E-state index in [0.717, 1.165) is 11.1 Å². The Morgan fingerprint density at radius 1 is 1.20 bits per heavy atom. The highest BCUT2D eigenvalue weighted by Crippen LogP contribution is 2.25. The monoisotopic (exact) mass is 428 g/mol. The van der Waals surface area contributed by atoms with Crippen LogP contribution in [0, 0.1) is 11.3 Å². The van der Waals surface area contributed by atoms with E-state index in [-0.39, 0.29) is 22.8 Å². The zero-order valence-corrected chi connectivity index (χ0v) is 17.9. The van der Waals surface area contributed by atoms with E-state index in [1.807, 2.05) is 30.3 Å². The fourth-order valence-corrected chi connectivity index (χ4v) is 4.26. The molecular formula is C22H24N2O5S. The van der Waals surface area contributed by atoms with Crippen molar-refractivity contribution in [1.82, 2.24) is 4.72 Å². The van der Waals surface area contributed by atoms with E-state index in [0.29, 0.717) is 24.0 Å². The van der Waals surface area contributed by atoms with Crippen LogP contribution < -0.4 is 9.46 Å². The second kappa shape index (κ2) is 10.1. The molecule has 0 unspecified atom stereocenters. The van der Waals surface area contributed by atoms with Crippen LogP contribution in [0.2, 0.25) is 0 Å². The Morgan fingerprint density at radius 2 is 1.87 bits per heavy atom. The molecule has 0 spiro atoms. The van der Waals surface area contributed by atoms with Crippen LogP contribution in [0.4, 0.5) is 0 Å². The normalized spacial score (nSPS) is 12.1. The standard InChI is InChI=1S/C22H24N2O5S/c1-4-19(22(25)26)15(2)18-8-5-16(6-9-18)11-12-24-30(27,28)21-13-17(14-23)7-10-20(21)29-3/h5-10,13,24H,4,11-12H2,1-3H3,(H,25,26). The van der Waals surface area contributed by atoms with Gasteiger partial charge in [0, 0.05) is 12.1 Å². The first-order chi connectivity index (χ1) is 14.2. The highest BCUT2D eigenvalue weighted by Gasteiger charge is 2.20. The van der Waals surface area contributed by atoms with Crippen LogP contribution in [0.5, 0.6) is 5.75 Å². The molecule has 2 aromatic rings. The number of methoxy groups -OCH3 is 1. The molecule has 0 aromatic heterocycles. The van der Waals surface area contributed by atoms with Gasteiger partial charge in [0.1, 0.15) is 10.6 Å². The number of ether oxygens (including phenoxy) is 1. The zero-order valence-electron chi connectivity index (χ0n) is 17.1.